The van der Waals surface area contributed by atoms with Crippen LogP contribution < -0.4 is 19.2 Å². The van der Waals surface area contributed by atoms with E-state index in [1.807, 2.05) is 0 Å². The number of fused-ring (bicyclic) bond motifs is 1. The van der Waals surface area contributed by atoms with Crippen LogP contribution in [0.2, 0.25) is 0 Å². The second-order valence-corrected chi connectivity index (χ2v) is 9.25. The molecule has 0 spiro atoms. The SMILES string of the molecule is O=C(CN(c1ccccn1)S(=O)(=O)c1ccccc1)N/N=C\c1cc2c(cc1Br)OCO2. The Hall–Kier alpha value is -3.44. The van der Waals surface area contributed by atoms with Crippen LogP contribution in [0, 0.1) is 0 Å². The van der Waals surface area contributed by atoms with Crippen LogP contribution in [0.1, 0.15) is 5.56 Å². The Bertz CT molecular complexity index is 1250. The number of hydrogen-bond donors (Lipinski definition) is 1. The van der Waals surface area contributed by atoms with Gasteiger partial charge in [0.05, 0.1) is 11.1 Å². The van der Waals surface area contributed by atoms with Crippen LogP contribution in [-0.2, 0) is 14.8 Å². The molecule has 2 heterocycles. The second-order valence-electron chi connectivity index (χ2n) is 6.53. The lowest BCUT2D eigenvalue weighted by atomic mass is 10.2. The Kier molecular flexibility index (Phi) is 6.37. The Morgan fingerprint density at radius 3 is 2.56 bits per heavy atom. The van der Waals surface area contributed by atoms with Crippen molar-refractivity contribution in [3.8, 4) is 11.5 Å². The molecule has 4 rings (SSSR count). The third-order valence-corrected chi connectivity index (χ3v) is 6.86. The number of hydrazone groups is 1. The normalized spacial score (nSPS) is 12.7. The molecule has 1 aromatic heterocycles. The first-order chi connectivity index (χ1) is 15.4. The molecule has 0 bridgehead atoms. The summed E-state index contributed by atoms with van der Waals surface area (Å²) in [7, 11) is -4.02. The fourth-order valence-electron chi connectivity index (χ4n) is 2.88. The molecule has 1 amide bonds. The summed E-state index contributed by atoms with van der Waals surface area (Å²) >= 11 is 3.40. The second kappa shape index (κ2) is 9.37. The average molecular weight is 517 g/mol. The zero-order valence-electron chi connectivity index (χ0n) is 16.5. The maximum atomic E-state index is 13.2. The van der Waals surface area contributed by atoms with Crippen molar-refractivity contribution in [2.75, 3.05) is 17.6 Å². The number of halogens is 1. The van der Waals surface area contributed by atoms with Crippen molar-refractivity contribution in [3.05, 3.63) is 76.9 Å². The summed E-state index contributed by atoms with van der Waals surface area (Å²) in [4.78, 5) is 16.7. The van der Waals surface area contributed by atoms with E-state index < -0.39 is 22.5 Å². The number of aromatic nitrogens is 1. The van der Waals surface area contributed by atoms with E-state index in [1.54, 1.807) is 42.5 Å². The number of sulfonamides is 1. The minimum atomic E-state index is -4.02. The first-order valence-corrected chi connectivity index (χ1v) is 11.6. The van der Waals surface area contributed by atoms with E-state index in [4.69, 9.17) is 9.47 Å². The molecule has 0 fully saturated rings. The number of carbonyl (C=O) groups excluding carboxylic acids is 1. The van der Waals surface area contributed by atoms with Crippen LogP contribution >= 0.6 is 15.9 Å². The summed E-state index contributed by atoms with van der Waals surface area (Å²) in [6.07, 6.45) is 2.87. The molecule has 0 aliphatic carbocycles. The van der Waals surface area contributed by atoms with E-state index in [1.165, 1.54) is 30.6 Å². The van der Waals surface area contributed by atoms with Gasteiger partial charge in [-0.1, -0.05) is 24.3 Å². The standard InChI is InChI=1S/C21H17BrN4O5S/c22-17-11-19-18(30-14-31-19)10-15(17)12-24-25-21(27)13-26(20-8-4-5-9-23-20)32(28,29)16-6-2-1-3-7-16/h1-12H,13-14H2,(H,25,27)/b24-12-. The molecule has 9 nitrogen and oxygen atoms in total. The van der Waals surface area contributed by atoms with E-state index in [9.17, 15) is 13.2 Å². The molecule has 32 heavy (non-hydrogen) atoms. The van der Waals surface area contributed by atoms with Crippen molar-refractivity contribution >= 4 is 43.9 Å². The Morgan fingerprint density at radius 1 is 1.12 bits per heavy atom. The maximum Gasteiger partial charge on any atom is 0.265 e. The molecule has 0 unspecified atom stereocenters. The van der Waals surface area contributed by atoms with Crippen molar-refractivity contribution in [2.24, 2.45) is 5.10 Å². The quantitative estimate of drug-likeness (QED) is 0.381. The van der Waals surface area contributed by atoms with Crippen LogP contribution in [0.25, 0.3) is 0 Å². The van der Waals surface area contributed by atoms with E-state index in [-0.39, 0.29) is 17.5 Å². The van der Waals surface area contributed by atoms with Crippen molar-refractivity contribution < 1.29 is 22.7 Å². The summed E-state index contributed by atoms with van der Waals surface area (Å²) in [5.74, 6) is 0.656. The van der Waals surface area contributed by atoms with Crippen LogP contribution in [0.5, 0.6) is 11.5 Å². The van der Waals surface area contributed by atoms with Gasteiger partial charge in [0, 0.05) is 16.2 Å². The molecule has 0 saturated carbocycles. The highest BCUT2D eigenvalue weighted by Crippen LogP contribution is 2.36. The van der Waals surface area contributed by atoms with Gasteiger partial charge in [-0.15, -0.1) is 0 Å². The van der Waals surface area contributed by atoms with Crippen molar-refractivity contribution in [1.29, 1.82) is 0 Å². The lowest BCUT2D eigenvalue weighted by Gasteiger charge is -2.22. The number of ether oxygens (including phenoxy) is 2. The zero-order chi connectivity index (χ0) is 22.6. The van der Waals surface area contributed by atoms with Crippen molar-refractivity contribution in [1.82, 2.24) is 10.4 Å². The van der Waals surface area contributed by atoms with Gasteiger partial charge in [0.25, 0.3) is 15.9 Å². The average Bonchev–Trinajstić information content (AvgIpc) is 3.25. The fraction of sp³-hybridized carbons (Fsp3) is 0.0952. The van der Waals surface area contributed by atoms with Crippen molar-refractivity contribution in [3.63, 3.8) is 0 Å². The van der Waals surface area contributed by atoms with Gasteiger partial charge in [0.1, 0.15) is 12.4 Å². The van der Waals surface area contributed by atoms with E-state index in [0.29, 0.717) is 21.5 Å². The van der Waals surface area contributed by atoms with E-state index >= 15 is 0 Å². The van der Waals surface area contributed by atoms with Crippen LogP contribution in [0.3, 0.4) is 0 Å². The van der Waals surface area contributed by atoms with Gasteiger partial charge in [-0.2, -0.15) is 5.10 Å². The molecule has 0 saturated heterocycles. The fourth-order valence-corrected chi connectivity index (χ4v) is 4.70. The largest absolute Gasteiger partial charge is 0.454 e. The molecule has 1 aliphatic heterocycles. The molecule has 1 N–H and O–H groups in total. The van der Waals surface area contributed by atoms with Gasteiger partial charge in [0.2, 0.25) is 6.79 Å². The van der Waals surface area contributed by atoms with E-state index in [0.717, 1.165) is 4.31 Å². The topological polar surface area (TPSA) is 110 Å². The number of carbonyl (C=O) groups is 1. The summed E-state index contributed by atoms with van der Waals surface area (Å²) < 4.78 is 38.6. The maximum absolute atomic E-state index is 13.2. The minimum absolute atomic E-state index is 0.0474. The van der Waals surface area contributed by atoms with Gasteiger partial charge in [0.15, 0.2) is 11.5 Å². The van der Waals surface area contributed by atoms with Gasteiger partial charge in [-0.05, 0) is 52.3 Å². The smallest absolute Gasteiger partial charge is 0.265 e. The molecule has 11 heteroatoms. The van der Waals surface area contributed by atoms with Crippen LogP contribution in [0.15, 0.2) is 81.3 Å². The molecule has 0 atom stereocenters. The van der Waals surface area contributed by atoms with Gasteiger partial charge < -0.3 is 9.47 Å². The molecular weight excluding hydrogens is 500 g/mol. The molecule has 0 radical (unpaired) electrons. The zero-order valence-corrected chi connectivity index (χ0v) is 18.9. The summed E-state index contributed by atoms with van der Waals surface area (Å²) in [5.41, 5.74) is 3.00. The molecule has 1 aliphatic rings. The lowest BCUT2D eigenvalue weighted by Crippen LogP contribution is -2.40. The predicted molar refractivity (Wildman–Crippen MR) is 121 cm³/mol. The minimum Gasteiger partial charge on any atom is -0.454 e. The highest BCUT2D eigenvalue weighted by molar-refractivity contribution is 9.10. The molecular formula is C21H17BrN4O5S. The number of nitrogens with one attached hydrogen (secondary N) is 1. The molecule has 2 aromatic carbocycles. The predicted octanol–water partition coefficient (Wildman–Crippen LogP) is 2.92. The third-order valence-electron chi connectivity index (χ3n) is 4.41. The third kappa shape index (κ3) is 4.73. The van der Waals surface area contributed by atoms with E-state index in [2.05, 4.69) is 31.4 Å². The number of pyridine rings is 1. The van der Waals surface area contributed by atoms with Crippen LogP contribution in [-0.4, -0.2) is 38.9 Å². The monoisotopic (exact) mass is 516 g/mol. The van der Waals surface area contributed by atoms with Gasteiger partial charge in [-0.3, -0.25) is 4.79 Å². The van der Waals surface area contributed by atoms with Gasteiger partial charge >= 0.3 is 0 Å². The first-order valence-electron chi connectivity index (χ1n) is 9.35. The molecule has 3 aromatic rings. The molecule has 164 valence electrons. The number of nitrogens with zero attached hydrogens (tertiary/aromatic N) is 3. The lowest BCUT2D eigenvalue weighted by molar-refractivity contribution is -0.119. The highest BCUT2D eigenvalue weighted by Gasteiger charge is 2.27. The Morgan fingerprint density at radius 2 is 1.84 bits per heavy atom. The van der Waals surface area contributed by atoms with Gasteiger partial charge in [-0.25, -0.2) is 23.1 Å². The van der Waals surface area contributed by atoms with Crippen molar-refractivity contribution in [2.45, 2.75) is 4.90 Å². The summed E-state index contributed by atoms with van der Waals surface area (Å²) in [6.45, 7) is -0.369. The summed E-state index contributed by atoms with van der Waals surface area (Å²) in [6, 6.07) is 16.1. The number of hydrogen-bond acceptors (Lipinski definition) is 7. The Balaban J connectivity index is 1.52. The number of benzene rings is 2. The van der Waals surface area contributed by atoms with Crippen LogP contribution in [0.4, 0.5) is 5.82 Å². The first kappa shape index (κ1) is 21.8. The highest BCUT2D eigenvalue weighted by atomic mass is 79.9. The number of rotatable bonds is 7. The summed E-state index contributed by atoms with van der Waals surface area (Å²) in [5, 5.41) is 3.94. The Labute approximate surface area is 192 Å². The number of anilines is 1. The number of amides is 1.